The van der Waals surface area contributed by atoms with E-state index in [9.17, 15) is 9.18 Å². The van der Waals surface area contributed by atoms with Gasteiger partial charge in [-0.15, -0.1) is 0 Å². The summed E-state index contributed by atoms with van der Waals surface area (Å²) in [5.74, 6) is -1.73. The van der Waals surface area contributed by atoms with Crippen LogP contribution in [0, 0.1) is 49.0 Å². The molecule has 0 radical (unpaired) electrons. The lowest BCUT2D eigenvalue weighted by molar-refractivity contribution is 0.0226. The van der Waals surface area contributed by atoms with Gasteiger partial charge < -0.3 is 41.0 Å². The molecule has 2 amide bonds. The van der Waals surface area contributed by atoms with Crippen molar-refractivity contribution in [1.82, 2.24) is 29.9 Å². The van der Waals surface area contributed by atoms with Gasteiger partial charge in [-0.25, -0.2) is 42.3 Å². The normalized spacial score (nSPS) is 17.3. The zero-order chi connectivity index (χ0) is 54.5. The minimum absolute atomic E-state index is 0.0173. The molecule has 3 atom stereocenters. The van der Waals surface area contributed by atoms with E-state index in [0.717, 1.165) is 11.9 Å². The molecule has 1 saturated carbocycles. The predicted octanol–water partition coefficient (Wildman–Crippen LogP) is 12.2. The Labute approximate surface area is 459 Å². The predicted molar refractivity (Wildman–Crippen MR) is 301 cm³/mol. The standard InChI is InChI=1S/C59H51BrF4N12O3/c1-31-55(43-7-3-5-13-66-43)73-47-24-35(61)23-42(63)52(47)57(31)71-45-26-51(68-28-39(45)33-9-11-36(12-10-33)70-59(65)77)76-17-20-79-49(30-76)37-21-34(37)22-38-41(62)25-48-53(54(38)64)58(32(2)56(74-48)44-8-4-6-14-67-44)72-46-27-50(69-29-40(46)60)75-15-18-78-19-16-75/h3-14,23-29,34,37,49H,15-22,30H2,1-2H3,(H3,65,70,77)(H,68,71,73)(H,69,72,74)/t34?,37-,49?/m0/s1. The van der Waals surface area contributed by atoms with Crippen molar-refractivity contribution in [2.75, 3.05) is 71.7 Å². The van der Waals surface area contributed by atoms with Gasteiger partial charge in [-0.1, -0.05) is 24.3 Å². The first-order chi connectivity index (χ1) is 38.3. The molecule has 6 aromatic heterocycles. The number of urea groups is 1. The second-order valence-corrected chi connectivity index (χ2v) is 20.8. The molecule has 15 nitrogen and oxygen atoms in total. The number of carbonyl (C=O) groups is 1. The molecular formula is C59H51BrF4N12O3. The Morgan fingerprint density at radius 3 is 2.04 bits per heavy atom. The van der Waals surface area contributed by atoms with Crippen molar-refractivity contribution in [3.63, 3.8) is 0 Å². The number of hydrogen-bond acceptors (Lipinski definition) is 13. The number of fused-ring (bicyclic) bond motifs is 2. The Morgan fingerprint density at radius 2 is 1.35 bits per heavy atom. The summed E-state index contributed by atoms with van der Waals surface area (Å²) in [6, 6.07) is 24.3. The number of amides is 2. The largest absolute Gasteiger partial charge is 0.378 e. The maximum atomic E-state index is 17.5. The van der Waals surface area contributed by atoms with E-state index < -0.39 is 29.3 Å². The quantitative estimate of drug-likeness (QED) is 0.0802. The maximum absolute atomic E-state index is 17.5. The Kier molecular flexibility index (Phi) is 14.0. The van der Waals surface area contributed by atoms with Gasteiger partial charge in [0.25, 0.3) is 0 Å². The number of nitrogens with zero attached hydrogens (tertiary/aromatic N) is 8. The monoisotopic (exact) mass is 1130 g/mol. The van der Waals surface area contributed by atoms with Crippen LogP contribution in [0.1, 0.15) is 23.1 Å². The van der Waals surface area contributed by atoms with Crippen LogP contribution in [-0.2, 0) is 15.9 Å². The molecule has 8 heterocycles. The van der Waals surface area contributed by atoms with Crippen LogP contribution in [0.2, 0.25) is 0 Å². The lowest BCUT2D eigenvalue weighted by Crippen LogP contribution is -2.44. The number of anilines is 7. The summed E-state index contributed by atoms with van der Waals surface area (Å²) in [5, 5.41) is 9.86. The van der Waals surface area contributed by atoms with Crippen LogP contribution in [0.5, 0.6) is 0 Å². The van der Waals surface area contributed by atoms with E-state index >= 15 is 13.2 Å². The molecular weight excluding hydrogens is 1080 g/mol. The van der Waals surface area contributed by atoms with Crippen LogP contribution in [0.15, 0.2) is 120 Å². The zero-order valence-corrected chi connectivity index (χ0v) is 44.4. The van der Waals surface area contributed by atoms with Gasteiger partial charge in [0.2, 0.25) is 0 Å². The molecule has 3 aliphatic rings. The van der Waals surface area contributed by atoms with Crippen LogP contribution >= 0.6 is 15.9 Å². The molecule has 1 aliphatic carbocycles. The first-order valence-corrected chi connectivity index (χ1v) is 26.6. The Bertz CT molecular complexity index is 3820. The first-order valence-electron chi connectivity index (χ1n) is 25.8. The topological polar surface area (TPSA) is 181 Å². The summed E-state index contributed by atoms with van der Waals surface area (Å²) >= 11 is 3.66. The average molecular weight is 1130 g/mol. The highest BCUT2D eigenvalue weighted by Gasteiger charge is 2.46. The molecule has 0 bridgehead atoms. The second kappa shape index (κ2) is 21.5. The molecule has 79 heavy (non-hydrogen) atoms. The van der Waals surface area contributed by atoms with Gasteiger partial charge in [0, 0.05) is 109 Å². The van der Waals surface area contributed by atoms with Gasteiger partial charge in [-0.05, 0) is 96.4 Å². The molecule has 0 spiro atoms. The number of nitrogens with one attached hydrogen (secondary N) is 3. The number of primary amides is 1. The fraction of sp³-hybridized carbons (Fsp3) is 0.237. The van der Waals surface area contributed by atoms with E-state index in [1.165, 1.54) is 12.1 Å². The molecule has 9 aromatic rings. The smallest absolute Gasteiger partial charge is 0.316 e. The zero-order valence-electron chi connectivity index (χ0n) is 42.8. The van der Waals surface area contributed by atoms with Gasteiger partial charge >= 0.3 is 6.03 Å². The number of nitrogens with two attached hydrogens (primary N) is 1. The van der Waals surface area contributed by atoms with Gasteiger partial charge in [-0.3, -0.25) is 9.97 Å². The van der Waals surface area contributed by atoms with Crippen LogP contribution in [0.3, 0.4) is 0 Å². The van der Waals surface area contributed by atoms with Gasteiger partial charge in [0.1, 0.15) is 34.9 Å². The molecule has 2 saturated heterocycles. The fourth-order valence-corrected chi connectivity index (χ4v) is 11.2. The van der Waals surface area contributed by atoms with Crippen LogP contribution < -0.4 is 31.5 Å². The number of rotatable bonds is 13. The van der Waals surface area contributed by atoms with E-state index in [1.54, 1.807) is 74.2 Å². The van der Waals surface area contributed by atoms with Crippen molar-refractivity contribution in [3.8, 4) is 33.9 Å². The summed E-state index contributed by atoms with van der Waals surface area (Å²) in [5.41, 5.74) is 12.6. The lowest BCUT2D eigenvalue weighted by atomic mass is 9.98. The highest BCUT2D eigenvalue weighted by atomic mass is 79.9. The van der Waals surface area contributed by atoms with Gasteiger partial charge in [-0.2, -0.15) is 0 Å². The number of aromatic nitrogens is 6. The van der Waals surface area contributed by atoms with Gasteiger partial charge in [0.15, 0.2) is 0 Å². The summed E-state index contributed by atoms with van der Waals surface area (Å²) < 4.78 is 77.6. The van der Waals surface area contributed by atoms with Crippen molar-refractivity contribution < 1.29 is 31.8 Å². The van der Waals surface area contributed by atoms with E-state index in [0.29, 0.717) is 136 Å². The number of ether oxygens (including phenoxy) is 2. The van der Waals surface area contributed by atoms with Crippen LogP contribution in [0.4, 0.5) is 62.4 Å². The van der Waals surface area contributed by atoms with Crippen molar-refractivity contribution in [3.05, 3.63) is 160 Å². The number of pyridine rings is 6. The third-order valence-corrected chi connectivity index (χ3v) is 15.6. The molecule has 5 N–H and O–H groups in total. The minimum atomic E-state index is -0.799. The van der Waals surface area contributed by atoms with E-state index in [2.05, 4.69) is 56.6 Å². The molecule has 3 aromatic carbocycles. The number of benzene rings is 3. The number of halogens is 5. The first kappa shape index (κ1) is 51.4. The summed E-state index contributed by atoms with van der Waals surface area (Å²) in [6.07, 6.45) is 7.23. The number of carbonyl (C=O) groups excluding carboxylic acids is 1. The third kappa shape index (κ3) is 10.3. The van der Waals surface area contributed by atoms with Crippen molar-refractivity contribution in [2.45, 2.75) is 32.8 Å². The summed E-state index contributed by atoms with van der Waals surface area (Å²) in [6.45, 7) is 7.43. The van der Waals surface area contributed by atoms with Crippen molar-refractivity contribution >= 4 is 83.8 Å². The minimum Gasteiger partial charge on any atom is -0.378 e. The summed E-state index contributed by atoms with van der Waals surface area (Å²) in [7, 11) is 0. The molecule has 20 heteroatoms. The average Bonchev–Trinajstić information content (AvgIpc) is 4.35. The van der Waals surface area contributed by atoms with E-state index in [1.807, 2.05) is 37.3 Å². The van der Waals surface area contributed by atoms with Crippen LogP contribution in [-0.4, -0.2) is 88.0 Å². The maximum Gasteiger partial charge on any atom is 0.316 e. The Balaban J connectivity index is 0.854. The highest BCUT2D eigenvalue weighted by molar-refractivity contribution is 9.10. The molecule has 2 unspecified atom stereocenters. The molecule has 400 valence electrons. The molecule has 12 rings (SSSR count). The van der Waals surface area contributed by atoms with E-state index in [-0.39, 0.29) is 51.7 Å². The summed E-state index contributed by atoms with van der Waals surface area (Å²) in [4.78, 5) is 44.1. The third-order valence-electron chi connectivity index (χ3n) is 15.0. The SMILES string of the molecule is Cc1c(-c2ccccn2)nc2cc(F)cc(F)c2c1Nc1cc(N2CCOC([C@H]3CC3Cc3c(F)cc4nc(-c5ccccn5)c(C)c(Nc5cc(N6CCOCC6)ncc5Br)c4c3F)C2)ncc1-c1ccc(NC(N)=O)cc1. The second-order valence-electron chi connectivity index (χ2n) is 19.9. The van der Waals surface area contributed by atoms with Crippen LogP contribution in [0.25, 0.3) is 55.7 Å². The van der Waals surface area contributed by atoms with Crippen molar-refractivity contribution in [1.29, 1.82) is 0 Å². The lowest BCUT2D eigenvalue weighted by Gasteiger charge is -2.34. The Morgan fingerprint density at radius 1 is 0.722 bits per heavy atom. The molecule has 2 aliphatic heterocycles. The Hall–Kier alpha value is -8.33. The van der Waals surface area contributed by atoms with Gasteiger partial charge in [0.05, 0.1) is 97.7 Å². The number of hydrogen-bond donors (Lipinski definition) is 4. The highest BCUT2D eigenvalue weighted by Crippen LogP contribution is 2.48. The number of morpholine rings is 2. The van der Waals surface area contributed by atoms with Crippen molar-refractivity contribution in [2.24, 2.45) is 17.6 Å². The molecule has 3 fully saturated rings. The van der Waals surface area contributed by atoms with E-state index in [4.69, 9.17) is 30.2 Å². The fourth-order valence-electron chi connectivity index (χ4n) is 10.8.